The molecule has 1 aliphatic carbocycles. The summed E-state index contributed by atoms with van der Waals surface area (Å²) in [6, 6.07) is 3.87. The molecule has 2 fully saturated rings. The lowest BCUT2D eigenvalue weighted by molar-refractivity contribution is -0.137. The molecule has 1 saturated heterocycles. The summed E-state index contributed by atoms with van der Waals surface area (Å²) in [7, 11) is 1.65. The first-order valence-corrected chi connectivity index (χ1v) is 13.4. The maximum Gasteiger partial charge on any atom is 0.416 e. The van der Waals surface area contributed by atoms with Crippen molar-refractivity contribution >= 4 is 34.0 Å². The molecule has 1 aliphatic heterocycles. The van der Waals surface area contributed by atoms with E-state index in [9.17, 15) is 23.1 Å². The van der Waals surface area contributed by atoms with Gasteiger partial charge < -0.3 is 15.7 Å². The Kier molecular flexibility index (Phi) is 6.92. The number of likely N-dealkylation sites (tertiary alicyclic amines) is 1. The van der Waals surface area contributed by atoms with Gasteiger partial charge in [0.05, 0.1) is 33.6 Å². The number of fused-ring (bicyclic) bond motifs is 1. The largest absolute Gasteiger partial charge is 0.416 e. The van der Waals surface area contributed by atoms with Gasteiger partial charge in [0, 0.05) is 37.8 Å². The number of nitrogens with one attached hydrogen (secondary N) is 2. The molecule has 200 valence electrons. The summed E-state index contributed by atoms with van der Waals surface area (Å²) in [6.07, 6.45) is 1.43. The van der Waals surface area contributed by atoms with Crippen LogP contribution in [0, 0.1) is 0 Å². The number of halogens is 3. The van der Waals surface area contributed by atoms with Gasteiger partial charge in [-0.25, -0.2) is 4.98 Å². The second-order valence-electron chi connectivity index (χ2n) is 10.0. The second kappa shape index (κ2) is 9.88. The van der Waals surface area contributed by atoms with Gasteiger partial charge >= 0.3 is 6.18 Å². The van der Waals surface area contributed by atoms with E-state index in [2.05, 4.69) is 32.5 Å². The van der Waals surface area contributed by atoms with Crippen LogP contribution in [0.3, 0.4) is 0 Å². The van der Waals surface area contributed by atoms with Crippen LogP contribution in [0.1, 0.15) is 48.1 Å². The van der Waals surface area contributed by atoms with Gasteiger partial charge in [0.1, 0.15) is 5.60 Å². The van der Waals surface area contributed by atoms with Gasteiger partial charge in [0.2, 0.25) is 5.91 Å². The second-order valence-corrected chi connectivity index (χ2v) is 11.1. The Morgan fingerprint density at radius 1 is 1.27 bits per heavy atom. The first-order chi connectivity index (χ1) is 17.6. The molecule has 5 rings (SSSR count). The molecule has 2 aromatic heterocycles. The number of aryl methyl sites for hydroxylation is 2. The summed E-state index contributed by atoms with van der Waals surface area (Å²) in [4.78, 5) is 20.2. The molecule has 2 aliphatic rings. The molecule has 37 heavy (non-hydrogen) atoms. The Bertz CT molecular complexity index is 1280. The molecule has 8 nitrogen and oxygen atoms in total. The Morgan fingerprint density at radius 3 is 2.65 bits per heavy atom. The van der Waals surface area contributed by atoms with Crippen LogP contribution >= 0.6 is 11.3 Å². The summed E-state index contributed by atoms with van der Waals surface area (Å²) in [5.41, 5.74) is -0.998. The Morgan fingerprint density at radius 2 is 2.00 bits per heavy atom. The minimum Gasteiger partial charge on any atom is -0.384 e. The summed E-state index contributed by atoms with van der Waals surface area (Å²) in [6.45, 7) is 3.48. The summed E-state index contributed by atoms with van der Waals surface area (Å²) in [5, 5.41) is 22.6. The van der Waals surface area contributed by atoms with E-state index in [1.807, 2.05) is 6.20 Å². The summed E-state index contributed by atoms with van der Waals surface area (Å²) >= 11 is 1.60. The van der Waals surface area contributed by atoms with Crippen LogP contribution in [0.15, 0.2) is 24.4 Å². The number of thiazole rings is 1. The van der Waals surface area contributed by atoms with Crippen LogP contribution in [-0.4, -0.2) is 62.4 Å². The number of carbonyl (C=O) groups is 1. The molecule has 0 unspecified atom stereocenters. The zero-order chi connectivity index (χ0) is 26.4. The predicted molar refractivity (Wildman–Crippen MR) is 135 cm³/mol. The van der Waals surface area contributed by atoms with Crippen LogP contribution in [0.5, 0.6) is 0 Å². The predicted octanol–water partition coefficient (Wildman–Crippen LogP) is 3.65. The van der Waals surface area contributed by atoms with E-state index in [1.165, 1.54) is 10.7 Å². The number of aromatic nitrogens is 3. The fourth-order valence-electron chi connectivity index (χ4n) is 5.30. The highest BCUT2D eigenvalue weighted by molar-refractivity contribution is 7.11. The van der Waals surface area contributed by atoms with Crippen LogP contribution in [0.4, 0.5) is 19.0 Å². The standard InChI is InChI=1S/C25H31F3N6O2S/c1-3-22-29-11-20(37-22)24(36)8-6-17(7-9-24)34-13-16(14-34)31-21(35)12-30-23-18-10-15(25(26,27)28)4-5-19(18)33(2)32-23/h4-5,10-11,16-17,36H,3,6-9,12-14H2,1-2H3,(H,30,32)(H,31,35). The SMILES string of the molecule is CCc1ncc(C2(O)CCC(N3CC(NC(=O)CNc4nn(C)c5ccc(C(F)(F)F)cc45)C3)CC2)s1. The molecule has 3 N–H and O–H groups in total. The number of rotatable bonds is 7. The molecule has 1 saturated carbocycles. The van der Waals surface area contributed by atoms with Gasteiger partial charge in [-0.15, -0.1) is 11.3 Å². The molecular formula is C25H31F3N6O2S. The van der Waals surface area contributed by atoms with Gasteiger partial charge in [0.15, 0.2) is 5.82 Å². The molecule has 12 heteroatoms. The monoisotopic (exact) mass is 536 g/mol. The fourth-order valence-corrected chi connectivity index (χ4v) is 6.30. The van der Waals surface area contributed by atoms with Gasteiger partial charge in [-0.2, -0.15) is 18.3 Å². The van der Waals surface area contributed by atoms with Crippen molar-refractivity contribution in [1.82, 2.24) is 25.0 Å². The Labute approximate surface area is 216 Å². The topological polar surface area (TPSA) is 95.3 Å². The van der Waals surface area contributed by atoms with Crippen LogP contribution in [0.2, 0.25) is 0 Å². The van der Waals surface area contributed by atoms with Crippen molar-refractivity contribution in [3.8, 4) is 0 Å². The van der Waals surface area contributed by atoms with Gasteiger partial charge in [-0.3, -0.25) is 14.4 Å². The molecular weight excluding hydrogens is 505 g/mol. The zero-order valence-corrected chi connectivity index (χ0v) is 21.6. The first-order valence-electron chi connectivity index (χ1n) is 12.5. The lowest BCUT2D eigenvalue weighted by Crippen LogP contribution is -2.63. The Hall–Kier alpha value is -2.70. The maximum atomic E-state index is 13.1. The van der Waals surface area contributed by atoms with E-state index in [4.69, 9.17) is 0 Å². The molecule has 0 radical (unpaired) electrons. The molecule has 1 aromatic carbocycles. The third kappa shape index (κ3) is 5.32. The summed E-state index contributed by atoms with van der Waals surface area (Å²) in [5.74, 6) is 0.0149. The van der Waals surface area contributed by atoms with E-state index in [-0.39, 0.29) is 24.3 Å². The number of aliphatic hydroxyl groups is 1. The molecule has 0 bridgehead atoms. The van der Waals surface area contributed by atoms with E-state index in [1.54, 1.807) is 18.4 Å². The van der Waals surface area contributed by atoms with Crippen LogP contribution in [-0.2, 0) is 30.0 Å². The van der Waals surface area contributed by atoms with Crippen LogP contribution in [0.25, 0.3) is 10.9 Å². The lowest BCUT2D eigenvalue weighted by Gasteiger charge is -2.48. The highest BCUT2D eigenvalue weighted by atomic mass is 32.1. The van der Waals surface area contributed by atoms with Gasteiger partial charge in [-0.1, -0.05) is 6.92 Å². The molecule has 0 atom stereocenters. The van der Waals surface area contributed by atoms with Crippen LogP contribution < -0.4 is 10.6 Å². The van der Waals surface area contributed by atoms with E-state index in [0.29, 0.717) is 29.8 Å². The lowest BCUT2D eigenvalue weighted by atomic mass is 9.80. The highest BCUT2D eigenvalue weighted by Crippen LogP contribution is 2.41. The average molecular weight is 537 g/mol. The fraction of sp³-hybridized carbons (Fsp3) is 0.560. The van der Waals surface area contributed by atoms with Crippen molar-refractivity contribution in [3.05, 3.63) is 39.8 Å². The number of amides is 1. The maximum absolute atomic E-state index is 13.1. The molecule has 3 aromatic rings. The number of carbonyl (C=O) groups excluding carboxylic acids is 1. The van der Waals surface area contributed by atoms with Crippen molar-refractivity contribution in [3.63, 3.8) is 0 Å². The third-order valence-corrected chi connectivity index (χ3v) is 8.82. The van der Waals surface area contributed by atoms with Crippen molar-refractivity contribution in [2.75, 3.05) is 25.0 Å². The average Bonchev–Trinajstić information content (AvgIpc) is 3.45. The van der Waals surface area contributed by atoms with Crippen molar-refractivity contribution in [2.24, 2.45) is 7.05 Å². The zero-order valence-electron chi connectivity index (χ0n) is 20.8. The highest BCUT2D eigenvalue weighted by Gasteiger charge is 2.41. The number of benzene rings is 1. The van der Waals surface area contributed by atoms with E-state index >= 15 is 0 Å². The van der Waals surface area contributed by atoms with Crippen molar-refractivity contribution < 1.29 is 23.1 Å². The van der Waals surface area contributed by atoms with Crippen molar-refractivity contribution in [2.45, 2.75) is 62.9 Å². The van der Waals surface area contributed by atoms with Gasteiger partial charge in [0.25, 0.3) is 0 Å². The molecule has 3 heterocycles. The number of alkyl halides is 3. The number of nitrogens with zero attached hydrogens (tertiary/aromatic N) is 4. The van der Waals surface area contributed by atoms with Gasteiger partial charge in [-0.05, 0) is 50.3 Å². The smallest absolute Gasteiger partial charge is 0.384 e. The quantitative estimate of drug-likeness (QED) is 0.427. The normalized spacial score (nSPS) is 23.2. The summed E-state index contributed by atoms with van der Waals surface area (Å²) < 4.78 is 40.9. The number of hydrogen-bond acceptors (Lipinski definition) is 7. The third-order valence-electron chi connectivity index (χ3n) is 7.48. The number of hydrogen-bond donors (Lipinski definition) is 3. The molecule has 0 spiro atoms. The number of anilines is 1. The minimum atomic E-state index is -4.45. The Balaban J connectivity index is 1.09. The van der Waals surface area contributed by atoms with E-state index < -0.39 is 17.3 Å². The first kappa shape index (κ1) is 25.9. The minimum absolute atomic E-state index is 0.0287. The van der Waals surface area contributed by atoms with E-state index in [0.717, 1.165) is 54.4 Å². The van der Waals surface area contributed by atoms with Crippen molar-refractivity contribution in [1.29, 1.82) is 0 Å². The molecule has 1 amide bonds.